The third-order valence-electron chi connectivity index (χ3n) is 1.10. The second kappa shape index (κ2) is 5.54. The number of nitrogens with two attached hydrogens (primary N) is 3. The molecule has 0 bridgehead atoms. The van der Waals surface area contributed by atoms with E-state index in [1.54, 1.807) is 0 Å². The lowest BCUT2D eigenvalue weighted by molar-refractivity contribution is -0.145. The van der Waals surface area contributed by atoms with E-state index in [1.165, 1.54) is 0 Å². The van der Waals surface area contributed by atoms with Crippen LogP contribution in [0.25, 0.3) is 0 Å². The Morgan fingerprint density at radius 1 is 1.00 bits per heavy atom. The van der Waals surface area contributed by atoms with Crippen LogP contribution in [0.15, 0.2) is 0 Å². The molecule has 0 heterocycles. The van der Waals surface area contributed by atoms with Gasteiger partial charge in [0.25, 0.3) is 0 Å². The number of carbonyl (C=O) groups excluding carboxylic acids is 4. The summed E-state index contributed by atoms with van der Waals surface area (Å²) in [6, 6.07) is -1.45. The van der Waals surface area contributed by atoms with E-state index in [2.05, 4.69) is 20.9 Å². The number of rotatable bonds is 3. The first-order chi connectivity index (χ1) is 6.82. The highest BCUT2D eigenvalue weighted by Gasteiger charge is 2.22. The van der Waals surface area contributed by atoms with Crippen LogP contribution < -0.4 is 17.2 Å². The van der Waals surface area contributed by atoms with Gasteiger partial charge in [0.1, 0.15) is 6.04 Å². The molecule has 0 aliphatic heterocycles. The standard InChI is InChI=1S/C6H9N3O6/c7-2(4(11)15-6(9)13)1-3(10)14-5(8)12/h2H,1,7H2,(H2,8,12)(H2,9,13). The third-order valence-corrected chi connectivity index (χ3v) is 1.10. The zero-order valence-corrected chi connectivity index (χ0v) is 7.47. The molecule has 0 saturated carbocycles. The highest BCUT2D eigenvalue weighted by atomic mass is 16.6. The molecule has 6 N–H and O–H groups in total. The van der Waals surface area contributed by atoms with Gasteiger partial charge in [-0.1, -0.05) is 0 Å². The summed E-state index contributed by atoms with van der Waals surface area (Å²) in [6.07, 6.45) is -3.33. The second-order valence-electron chi connectivity index (χ2n) is 2.34. The number of hydrogen-bond donors (Lipinski definition) is 3. The molecule has 0 aromatic rings. The number of esters is 2. The Kier molecular flexibility index (Phi) is 4.75. The molecule has 9 heteroatoms. The van der Waals surface area contributed by atoms with Gasteiger partial charge in [-0.3, -0.25) is 4.79 Å². The lowest BCUT2D eigenvalue weighted by atomic mass is 10.2. The number of hydrogen-bond acceptors (Lipinski definition) is 7. The molecule has 1 unspecified atom stereocenters. The van der Waals surface area contributed by atoms with E-state index < -0.39 is 36.6 Å². The van der Waals surface area contributed by atoms with Crippen molar-refractivity contribution in [2.45, 2.75) is 12.5 Å². The summed E-state index contributed by atoms with van der Waals surface area (Å²) < 4.78 is 7.74. The van der Waals surface area contributed by atoms with E-state index in [0.29, 0.717) is 0 Å². The lowest BCUT2D eigenvalue weighted by Crippen LogP contribution is -2.38. The molecule has 0 aromatic heterocycles. The van der Waals surface area contributed by atoms with Crippen LogP contribution in [-0.4, -0.2) is 30.2 Å². The van der Waals surface area contributed by atoms with Crippen LogP contribution in [0.4, 0.5) is 9.59 Å². The van der Waals surface area contributed by atoms with E-state index in [9.17, 15) is 19.2 Å². The molecule has 2 amide bonds. The van der Waals surface area contributed by atoms with Gasteiger partial charge in [-0.2, -0.15) is 0 Å². The molecule has 1 atom stereocenters. The maximum absolute atomic E-state index is 10.8. The van der Waals surface area contributed by atoms with E-state index >= 15 is 0 Å². The van der Waals surface area contributed by atoms with Gasteiger partial charge in [-0.25, -0.2) is 14.4 Å². The van der Waals surface area contributed by atoms with Gasteiger partial charge in [-0.05, 0) is 0 Å². The Hall–Kier alpha value is -2.16. The van der Waals surface area contributed by atoms with Crippen LogP contribution >= 0.6 is 0 Å². The average molecular weight is 219 g/mol. The van der Waals surface area contributed by atoms with Crippen molar-refractivity contribution < 1.29 is 28.7 Å². The summed E-state index contributed by atoms with van der Waals surface area (Å²) in [5.41, 5.74) is 14.1. The summed E-state index contributed by atoms with van der Waals surface area (Å²) in [5.74, 6) is -2.32. The van der Waals surface area contributed by atoms with Crippen LogP contribution in [0.2, 0.25) is 0 Å². The van der Waals surface area contributed by atoms with Gasteiger partial charge in [-0.15, -0.1) is 0 Å². The first-order valence-electron chi connectivity index (χ1n) is 3.59. The Labute approximate surface area is 83.5 Å². The first kappa shape index (κ1) is 12.8. The molecule has 0 aromatic carbocycles. The van der Waals surface area contributed by atoms with Crippen LogP contribution in [0.1, 0.15) is 6.42 Å². The monoisotopic (exact) mass is 219 g/mol. The van der Waals surface area contributed by atoms with Crippen molar-refractivity contribution in [3.63, 3.8) is 0 Å². The average Bonchev–Trinajstić information content (AvgIpc) is 2.00. The fraction of sp³-hybridized carbons (Fsp3) is 0.333. The topological polar surface area (TPSA) is 165 Å². The zero-order chi connectivity index (χ0) is 12.0. The highest BCUT2D eigenvalue weighted by Crippen LogP contribution is 1.95. The zero-order valence-electron chi connectivity index (χ0n) is 7.47. The smallest absolute Gasteiger partial charge is 0.376 e. The molecule has 0 aliphatic carbocycles. The fourth-order valence-corrected chi connectivity index (χ4v) is 0.592. The number of primary amides is 2. The van der Waals surface area contributed by atoms with Crippen molar-refractivity contribution in [3.8, 4) is 0 Å². The molecule has 0 fully saturated rings. The van der Waals surface area contributed by atoms with Gasteiger partial charge in [0, 0.05) is 0 Å². The van der Waals surface area contributed by atoms with E-state index in [0.717, 1.165) is 0 Å². The molecule has 0 rings (SSSR count). The van der Waals surface area contributed by atoms with Gasteiger partial charge in [0.15, 0.2) is 0 Å². The Morgan fingerprint density at radius 2 is 1.47 bits per heavy atom. The maximum atomic E-state index is 10.8. The minimum Gasteiger partial charge on any atom is -0.376 e. The molecule has 9 nitrogen and oxygen atoms in total. The van der Waals surface area contributed by atoms with Gasteiger partial charge in [0.05, 0.1) is 6.42 Å². The van der Waals surface area contributed by atoms with Crippen LogP contribution in [0.5, 0.6) is 0 Å². The molecule has 15 heavy (non-hydrogen) atoms. The van der Waals surface area contributed by atoms with Crippen molar-refractivity contribution in [2.24, 2.45) is 17.2 Å². The highest BCUT2D eigenvalue weighted by molar-refractivity contribution is 5.91. The molecule has 84 valence electrons. The van der Waals surface area contributed by atoms with Crippen LogP contribution in [-0.2, 0) is 19.1 Å². The first-order valence-corrected chi connectivity index (χ1v) is 3.59. The van der Waals surface area contributed by atoms with E-state index in [-0.39, 0.29) is 0 Å². The lowest BCUT2D eigenvalue weighted by Gasteiger charge is -2.07. The van der Waals surface area contributed by atoms with Gasteiger partial charge >= 0.3 is 24.1 Å². The fourth-order valence-electron chi connectivity index (χ4n) is 0.592. The Bertz CT molecular complexity index is 301. The minimum absolute atomic E-state index is 0.658. The van der Waals surface area contributed by atoms with Crippen LogP contribution in [0, 0.1) is 0 Å². The molecule has 0 spiro atoms. The molecule has 0 aliphatic rings. The maximum Gasteiger partial charge on any atom is 0.412 e. The summed E-state index contributed by atoms with van der Waals surface area (Å²) in [6.45, 7) is 0. The van der Waals surface area contributed by atoms with E-state index in [4.69, 9.17) is 5.73 Å². The number of amides is 2. The van der Waals surface area contributed by atoms with Gasteiger partial charge in [0.2, 0.25) is 0 Å². The quantitative estimate of drug-likeness (QED) is 0.362. The van der Waals surface area contributed by atoms with Crippen molar-refractivity contribution in [1.29, 1.82) is 0 Å². The second-order valence-corrected chi connectivity index (χ2v) is 2.34. The molecular formula is C6H9N3O6. The molecular weight excluding hydrogens is 210 g/mol. The van der Waals surface area contributed by atoms with Crippen LogP contribution in [0.3, 0.4) is 0 Å². The van der Waals surface area contributed by atoms with E-state index in [1.807, 2.05) is 0 Å². The normalized spacial score (nSPS) is 11.3. The van der Waals surface area contributed by atoms with Gasteiger partial charge < -0.3 is 26.7 Å². The summed E-state index contributed by atoms with van der Waals surface area (Å²) >= 11 is 0. The van der Waals surface area contributed by atoms with Crippen molar-refractivity contribution in [1.82, 2.24) is 0 Å². The SMILES string of the molecule is NC(=O)OC(=O)CC(N)C(=O)OC(N)=O. The Balaban J connectivity index is 4.07. The number of carbonyl (C=O) groups is 4. The third kappa shape index (κ3) is 5.99. The molecule has 0 radical (unpaired) electrons. The minimum atomic E-state index is -1.45. The van der Waals surface area contributed by atoms with Crippen molar-refractivity contribution in [2.75, 3.05) is 0 Å². The van der Waals surface area contributed by atoms with Crippen molar-refractivity contribution in [3.05, 3.63) is 0 Å². The summed E-state index contributed by atoms with van der Waals surface area (Å²) in [7, 11) is 0. The largest absolute Gasteiger partial charge is 0.412 e. The Morgan fingerprint density at radius 3 is 1.87 bits per heavy atom. The molecule has 0 saturated heterocycles. The summed E-state index contributed by atoms with van der Waals surface area (Å²) in [4.78, 5) is 41.7. The predicted octanol–water partition coefficient (Wildman–Crippen LogP) is -2.05. The number of ether oxygens (including phenoxy) is 2. The van der Waals surface area contributed by atoms with Crippen molar-refractivity contribution >= 4 is 24.1 Å². The summed E-state index contributed by atoms with van der Waals surface area (Å²) in [5, 5.41) is 0. The predicted molar refractivity (Wildman–Crippen MR) is 43.9 cm³/mol.